The van der Waals surface area contributed by atoms with E-state index in [1.165, 1.54) is 7.11 Å². The summed E-state index contributed by atoms with van der Waals surface area (Å²) in [7, 11) is 3.41. The Morgan fingerprint density at radius 1 is 1.25 bits per heavy atom. The van der Waals surface area contributed by atoms with E-state index in [0.29, 0.717) is 41.8 Å². The van der Waals surface area contributed by atoms with Crippen molar-refractivity contribution in [2.24, 2.45) is 7.05 Å². The van der Waals surface area contributed by atoms with Crippen LogP contribution in [0.2, 0.25) is 5.02 Å². The van der Waals surface area contributed by atoms with Gasteiger partial charge < -0.3 is 24.0 Å². The van der Waals surface area contributed by atoms with E-state index in [-0.39, 0.29) is 25.1 Å². The molecule has 32 heavy (non-hydrogen) atoms. The Labute approximate surface area is 190 Å². The molecule has 168 valence electrons. The molecule has 1 N–H and O–H groups in total. The molecular formula is C23H25ClN4O4. The number of aliphatic hydroxyl groups is 1. The molecule has 0 aliphatic carbocycles. The van der Waals surface area contributed by atoms with Gasteiger partial charge in [0.15, 0.2) is 5.82 Å². The molecule has 0 radical (unpaired) electrons. The molecule has 2 fully saturated rings. The third-order valence-corrected chi connectivity index (χ3v) is 6.76. The zero-order chi connectivity index (χ0) is 22.5. The Kier molecular flexibility index (Phi) is 5.33. The molecule has 0 unspecified atom stereocenters. The van der Waals surface area contributed by atoms with Crippen molar-refractivity contribution >= 4 is 28.5 Å². The number of fused-ring (bicyclic) bond motifs is 2. The summed E-state index contributed by atoms with van der Waals surface area (Å²) in [5.74, 6) is -0.680. The van der Waals surface area contributed by atoms with Crippen LogP contribution in [0, 0.1) is 0 Å². The summed E-state index contributed by atoms with van der Waals surface area (Å²) in [5, 5.41) is 11.7. The first-order valence-electron chi connectivity index (χ1n) is 10.6. The molecule has 2 atom stereocenters. The molecule has 8 nitrogen and oxygen atoms in total. The minimum absolute atomic E-state index is 0.0213. The summed E-state index contributed by atoms with van der Waals surface area (Å²) in [6, 6.07) is 12.9. The lowest BCUT2D eigenvalue weighted by Gasteiger charge is -2.48. The molecule has 3 heterocycles. The number of hydrogen-bond acceptors (Lipinski definition) is 6. The van der Waals surface area contributed by atoms with Crippen LogP contribution in [0.4, 0.5) is 0 Å². The highest BCUT2D eigenvalue weighted by Gasteiger charge is 2.46. The third-order valence-electron chi connectivity index (χ3n) is 6.37. The van der Waals surface area contributed by atoms with Crippen molar-refractivity contribution in [2.75, 3.05) is 39.9 Å². The number of hydrogen-bond donors (Lipinski definition) is 1. The van der Waals surface area contributed by atoms with Crippen LogP contribution < -0.4 is 4.74 Å². The zero-order valence-corrected chi connectivity index (χ0v) is 18.7. The second-order valence-electron chi connectivity index (χ2n) is 8.28. The number of carbonyl (C=O) groups excluding carboxylic acids is 1. The first-order valence-corrected chi connectivity index (χ1v) is 10.9. The van der Waals surface area contributed by atoms with E-state index in [9.17, 15) is 9.90 Å². The van der Waals surface area contributed by atoms with Gasteiger partial charge in [0.2, 0.25) is 5.79 Å². The Bertz CT molecular complexity index is 1180. The van der Waals surface area contributed by atoms with Gasteiger partial charge in [-0.15, -0.1) is 0 Å². The lowest BCUT2D eigenvalue weighted by atomic mass is 10.1. The third kappa shape index (κ3) is 3.44. The average Bonchev–Trinajstić information content (AvgIpc) is 3.16. The monoisotopic (exact) mass is 456 g/mol. The van der Waals surface area contributed by atoms with Crippen LogP contribution in [0.5, 0.6) is 5.75 Å². The van der Waals surface area contributed by atoms with E-state index in [0.717, 1.165) is 11.0 Å². The van der Waals surface area contributed by atoms with Gasteiger partial charge in [0.25, 0.3) is 5.91 Å². The maximum absolute atomic E-state index is 13.1. The number of halogens is 1. The van der Waals surface area contributed by atoms with E-state index in [4.69, 9.17) is 21.1 Å². The number of ether oxygens (including phenoxy) is 2. The first-order chi connectivity index (χ1) is 15.4. The fourth-order valence-electron chi connectivity index (χ4n) is 4.63. The molecule has 5 rings (SSSR count). The molecule has 2 aromatic carbocycles. The van der Waals surface area contributed by atoms with Crippen molar-refractivity contribution in [1.29, 1.82) is 0 Å². The van der Waals surface area contributed by atoms with Crippen LogP contribution in [0.3, 0.4) is 0 Å². The van der Waals surface area contributed by atoms with E-state index in [1.807, 2.05) is 35.9 Å². The number of benzene rings is 2. The number of nitrogens with zero attached hydrogens (tertiary/aromatic N) is 4. The molecule has 1 aromatic heterocycles. The Morgan fingerprint density at radius 2 is 2.06 bits per heavy atom. The Morgan fingerprint density at radius 3 is 2.84 bits per heavy atom. The summed E-state index contributed by atoms with van der Waals surface area (Å²) >= 11 is 6.36. The van der Waals surface area contributed by atoms with E-state index < -0.39 is 5.79 Å². The Balaban J connectivity index is 1.33. The van der Waals surface area contributed by atoms with Gasteiger partial charge in [-0.1, -0.05) is 29.8 Å². The van der Waals surface area contributed by atoms with Crippen molar-refractivity contribution in [3.8, 4) is 5.75 Å². The largest absolute Gasteiger partial charge is 0.495 e. The summed E-state index contributed by atoms with van der Waals surface area (Å²) < 4.78 is 13.1. The van der Waals surface area contributed by atoms with Crippen LogP contribution in [-0.2, 0) is 17.6 Å². The lowest BCUT2D eigenvalue weighted by Crippen LogP contribution is -2.63. The van der Waals surface area contributed by atoms with Crippen LogP contribution in [0.25, 0.3) is 11.0 Å². The first kappa shape index (κ1) is 21.2. The molecule has 2 aliphatic heterocycles. The number of carbonyl (C=O) groups is 1. The topological polar surface area (TPSA) is 80.1 Å². The van der Waals surface area contributed by atoms with Gasteiger partial charge in [-0.05, 0) is 24.3 Å². The summed E-state index contributed by atoms with van der Waals surface area (Å²) in [6.45, 7) is 2.21. The molecule has 9 heteroatoms. The number of imidazole rings is 1. The molecule has 0 saturated carbocycles. The number of rotatable bonds is 3. The quantitative estimate of drug-likeness (QED) is 0.651. The average molecular weight is 457 g/mol. The van der Waals surface area contributed by atoms with Crippen molar-refractivity contribution < 1.29 is 19.4 Å². The lowest BCUT2D eigenvalue weighted by molar-refractivity contribution is -0.270. The van der Waals surface area contributed by atoms with Crippen molar-refractivity contribution in [1.82, 2.24) is 19.4 Å². The van der Waals surface area contributed by atoms with Crippen LogP contribution in [-0.4, -0.2) is 76.3 Å². The molecule has 1 amide bonds. The summed E-state index contributed by atoms with van der Waals surface area (Å²) in [5.41, 5.74) is 2.18. The molecule has 0 spiro atoms. The predicted octanol–water partition coefficient (Wildman–Crippen LogP) is 2.24. The van der Waals surface area contributed by atoms with Gasteiger partial charge in [-0.25, -0.2) is 4.98 Å². The summed E-state index contributed by atoms with van der Waals surface area (Å²) in [6.07, 6.45) is 0. The van der Waals surface area contributed by atoms with Gasteiger partial charge in [-0.2, -0.15) is 0 Å². The highest BCUT2D eigenvalue weighted by molar-refractivity contribution is 6.35. The van der Waals surface area contributed by atoms with E-state index in [1.54, 1.807) is 23.1 Å². The fourth-order valence-corrected chi connectivity index (χ4v) is 4.92. The van der Waals surface area contributed by atoms with Gasteiger partial charge in [0.05, 0.1) is 47.9 Å². The fraction of sp³-hybridized carbons (Fsp3) is 0.391. The highest BCUT2D eigenvalue weighted by atomic mass is 35.5. The normalized spacial score (nSPS) is 23.9. The molecule has 3 aromatic rings. The highest BCUT2D eigenvalue weighted by Crippen LogP contribution is 2.33. The van der Waals surface area contributed by atoms with Gasteiger partial charge in [0, 0.05) is 26.7 Å². The number of methoxy groups -OCH3 is 1. The number of amides is 1. The molecule has 2 saturated heterocycles. The second kappa shape index (κ2) is 8.04. The number of aryl methyl sites for hydroxylation is 1. The van der Waals surface area contributed by atoms with Crippen molar-refractivity contribution in [3.05, 3.63) is 58.9 Å². The maximum Gasteiger partial charge on any atom is 0.255 e. The van der Waals surface area contributed by atoms with Crippen LogP contribution in [0.1, 0.15) is 16.2 Å². The van der Waals surface area contributed by atoms with Crippen LogP contribution >= 0.6 is 11.6 Å². The molecule has 0 bridgehead atoms. The summed E-state index contributed by atoms with van der Waals surface area (Å²) in [4.78, 5) is 21.7. The predicted molar refractivity (Wildman–Crippen MR) is 120 cm³/mol. The number of morpholine rings is 1. The number of para-hydroxylation sites is 2. The zero-order valence-electron chi connectivity index (χ0n) is 18.0. The smallest absolute Gasteiger partial charge is 0.255 e. The maximum atomic E-state index is 13.1. The van der Waals surface area contributed by atoms with Crippen molar-refractivity contribution in [2.45, 2.75) is 11.8 Å². The molecular weight excluding hydrogens is 432 g/mol. The molecule has 2 aliphatic rings. The van der Waals surface area contributed by atoms with Crippen LogP contribution in [0.15, 0.2) is 42.5 Å². The minimum Gasteiger partial charge on any atom is -0.495 e. The van der Waals surface area contributed by atoms with Gasteiger partial charge >= 0.3 is 0 Å². The van der Waals surface area contributed by atoms with Gasteiger partial charge in [-0.3, -0.25) is 9.69 Å². The SMILES string of the molecule is COc1cccc(C(=O)N2CCN3C[C@@](O)(c4nc5ccccc5n4C)OC[C@@H]3C2)c1Cl. The minimum atomic E-state index is -1.51. The Hall–Kier alpha value is -2.65. The van der Waals surface area contributed by atoms with Crippen molar-refractivity contribution in [3.63, 3.8) is 0 Å². The number of aromatic nitrogens is 2. The number of piperazine rings is 1. The van der Waals surface area contributed by atoms with E-state index in [2.05, 4.69) is 9.88 Å². The van der Waals surface area contributed by atoms with Gasteiger partial charge in [0.1, 0.15) is 5.75 Å². The van der Waals surface area contributed by atoms with E-state index >= 15 is 0 Å². The second-order valence-corrected chi connectivity index (χ2v) is 8.65. The standard InChI is InChI=1S/C23H25ClN4O4/c1-26-18-8-4-3-7-17(18)25-22(26)23(30)14-28-11-10-27(12-15(28)13-32-23)21(29)16-6-5-9-19(31-2)20(16)24/h3-9,15,30H,10-14H2,1-2H3/t15-,23-/m0/s1.